The monoisotopic (exact) mass is 586 g/mol. The van der Waals surface area contributed by atoms with Crippen molar-refractivity contribution < 1.29 is 53.8 Å². The lowest BCUT2D eigenvalue weighted by Crippen LogP contribution is -2.41. The number of carbonyl (C=O) groups is 1. The van der Waals surface area contributed by atoms with Crippen molar-refractivity contribution in [2.75, 3.05) is 25.1 Å². The van der Waals surface area contributed by atoms with E-state index >= 15 is 0 Å². The number of nitrogens with zero attached hydrogens (tertiary/aromatic N) is 2. The second kappa shape index (κ2) is 11.2. The summed E-state index contributed by atoms with van der Waals surface area (Å²) in [6, 6.07) is 4.49. The minimum absolute atomic E-state index is 0.102. The van der Waals surface area contributed by atoms with Crippen molar-refractivity contribution in [2.24, 2.45) is 5.92 Å². The summed E-state index contributed by atoms with van der Waals surface area (Å²) >= 11 is 0. The highest BCUT2D eigenvalue weighted by Crippen LogP contribution is 2.46. The van der Waals surface area contributed by atoms with Crippen LogP contribution >= 0.6 is 0 Å². The quantitative estimate of drug-likeness (QED) is 0.393. The Morgan fingerprint density at radius 1 is 1.13 bits per heavy atom. The molecule has 0 spiro atoms. The van der Waals surface area contributed by atoms with Crippen LogP contribution in [0.4, 0.5) is 42.1 Å². The van der Waals surface area contributed by atoms with Crippen LogP contribution in [0.25, 0.3) is 0 Å². The maximum absolute atomic E-state index is 14.1. The third-order valence-electron chi connectivity index (χ3n) is 6.27. The average Bonchev–Trinajstić information content (AvgIpc) is 2.90. The molecule has 0 aliphatic carbocycles. The van der Waals surface area contributed by atoms with Crippen LogP contribution in [0.2, 0.25) is 0 Å². The predicted molar refractivity (Wildman–Crippen MR) is 126 cm³/mol. The molecule has 2 aromatic carbocycles. The number of anilines is 2. The van der Waals surface area contributed by atoms with Gasteiger partial charge in [0.25, 0.3) is 0 Å². The van der Waals surface area contributed by atoms with Gasteiger partial charge in [-0.2, -0.15) is 30.6 Å². The molecule has 216 valence electrons. The first kappa shape index (κ1) is 30.5. The van der Waals surface area contributed by atoms with E-state index in [4.69, 9.17) is 9.84 Å². The summed E-state index contributed by atoms with van der Waals surface area (Å²) in [5.41, 5.74) is -1.73. The van der Waals surface area contributed by atoms with Crippen molar-refractivity contribution in [3.05, 3.63) is 47.8 Å². The first-order valence-electron chi connectivity index (χ1n) is 11.6. The molecule has 0 amide bonds. The fourth-order valence-electron chi connectivity index (χ4n) is 4.05. The Morgan fingerprint density at radius 2 is 1.74 bits per heavy atom. The first-order valence-corrected chi connectivity index (χ1v) is 13.0. The van der Waals surface area contributed by atoms with E-state index in [2.05, 4.69) is 0 Å². The zero-order chi connectivity index (χ0) is 29.3. The lowest BCUT2D eigenvalue weighted by atomic mass is 10.1. The first-order chi connectivity index (χ1) is 17.9. The number of hydrogen-bond acceptors (Lipinski definition) is 5. The van der Waals surface area contributed by atoms with Gasteiger partial charge in [0, 0.05) is 37.8 Å². The molecule has 2 aromatic rings. The van der Waals surface area contributed by atoms with E-state index < -0.39 is 87.5 Å². The van der Waals surface area contributed by atoms with Gasteiger partial charge in [0.1, 0.15) is 23.1 Å². The molecule has 1 unspecified atom stereocenters. The summed E-state index contributed by atoms with van der Waals surface area (Å²) in [7, 11) is -3.48. The third kappa shape index (κ3) is 7.12. The molecule has 15 heteroatoms. The second-order valence-corrected chi connectivity index (χ2v) is 11.1. The van der Waals surface area contributed by atoms with Gasteiger partial charge in [0.15, 0.2) is 0 Å². The number of sulfonamides is 1. The molecule has 0 aromatic heterocycles. The van der Waals surface area contributed by atoms with Gasteiger partial charge in [-0.3, -0.25) is 4.79 Å². The van der Waals surface area contributed by atoms with E-state index in [0.29, 0.717) is 12.1 Å². The molecule has 3 rings (SSSR count). The number of hydrogen-bond donors (Lipinski definition) is 1. The van der Waals surface area contributed by atoms with Crippen molar-refractivity contribution >= 4 is 27.4 Å². The number of carboxylic acid groups (broad SMARTS) is 1. The van der Waals surface area contributed by atoms with Crippen molar-refractivity contribution in [3.8, 4) is 5.75 Å². The van der Waals surface area contributed by atoms with E-state index in [1.807, 2.05) is 0 Å². The largest absolute Gasteiger partial charge is 0.492 e. The molecule has 7 nitrogen and oxygen atoms in total. The lowest BCUT2D eigenvalue weighted by molar-refractivity contribution is -0.142. The molecular weight excluding hydrogens is 561 g/mol. The van der Waals surface area contributed by atoms with Crippen LogP contribution in [-0.4, -0.2) is 56.2 Å². The predicted octanol–water partition coefficient (Wildman–Crippen LogP) is 5.82. The van der Waals surface area contributed by atoms with Gasteiger partial charge in [-0.1, -0.05) is 0 Å². The fourth-order valence-corrected chi connectivity index (χ4v) is 5.61. The Morgan fingerprint density at radius 3 is 2.28 bits per heavy atom. The molecule has 0 fully saturated rings. The maximum atomic E-state index is 14.1. The standard InChI is InChI=1S/C24H25F7N2O5S/c1-14(22(34)35)13-38-20-11-21-19(10-18(20)24(29,30)31)33(16-7-5-15(25)6-8-16)12-17(32(2)39(21,36)37)4-3-9-23(26,27)28/h5-8,10-11,14,17H,3-4,9,12-13H2,1-2H3,(H,34,35)/t14-,17?/m1/s1. The summed E-state index contributed by atoms with van der Waals surface area (Å²) in [5.74, 6) is -4.18. The van der Waals surface area contributed by atoms with Crippen molar-refractivity contribution in [1.29, 1.82) is 0 Å². The van der Waals surface area contributed by atoms with Crippen LogP contribution in [-0.2, 0) is 21.0 Å². The summed E-state index contributed by atoms with van der Waals surface area (Å²) in [6.07, 6.45) is -11.5. The second-order valence-electron chi connectivity index (χ2n) is 9.13. The van der Waals surface area contributed by atoms with E-state index in [9.17, 15) is 43.9 Å². The normalized spacial score (nSPS) is 18.8. The molecule has 1 aliphatic rings. The summed E-state index contributed by atoms with van der Waals surface area (Å²) < 4.78 is 127. The lowest BCUT2D eigenvalue weighted by Gasteiger charge is -2.30. The third-order valence-corrected chi connectivity index (χ3v) is 8.21. The molecule has 1 heterocycles. The van der Waals surface area contributed by atoms with Gasteiger partial charge in [-0.05, 0) is 50.1 Å². The number of ether oxygens (including phenoxy) is 1. The molecule has 0 saturated carbocycles. The molecule has 0 bridgehead atoms. The number of fused-ring (bicyclic) bond motifs is 1. The van der Waals surface area contributed by atoms with E-state index in [1.165, 1.54) is 24.0 Å². The van der Waals surface area contributed by atoms with Gasteiger partial charge < -0.3 is 14.7 Å². The van der Waals surface area contributed by atoms with Gasteiger partial charge in [-0.25, -0.2) is 12.8 Å². The minimum Gasteiger partial charge on any atom is -0.492 e. The van der Waals surface area contributed by atoms with Gasteiger partial charge >= 0.3 is 18.3 Å². The summed E-state index contributed by atoms with van der Waals surface area (Å²) in [6.45, 7) is 0.153. The Balaban J connectivity index is 2.20. The Labute approximate surface area is 219 Å². The number of carboxylic acids is 1. The maximum Gasteiger partial charge on any atom is 0.420 e. The van der Waals surface area contributed by atoms with Crippen molar-refractivity contribution in [2.45, 2.75) is 49.5 Å². The van der Waals surface area contributed by atoms with Crippen molar-refractivity contribution in [1.82, 2.24) is 4.31 Å². The molecule has 1 N–H and O–H groups in total. The molecule has 39 heavy (non-hydrogen) atoms. The number of halogens is 7. The van der Waals surface area contributed by atoms with Gasteiger partial charge in [0.2, 0.25) is 10.0 Å². The Kier molecular flexibility index (Phi) is 8.75. The smallest absolute Gasteiger partial charge is 0.420 e. The SMILES string of the molecule is C[C@H](COc1cc2c(cc1C(F)(F)F)N(c1ccc(F)cc1)CC(CCCC(F)(F)F)N(C)S2(=O)=O)C(=O)O. The fraction of sp³-hybridized carbons (Fsp3) is 0.458. The minimum atomic E-state index is -5.06. The molecule has 1 aliphatic heterocycles. The number of likely N-dealkylation sites (N-methyl/N-ethyl adjacent to an activating group) is 1. The van der Waals surface area contributed by atoms with Crippen LogP contribution < -0.4 is 9.64 Å². The van der Waals surface area contributed by atoms with Crippen LogP contribution in [0.15, 0.2) is 41.3 Å². The van der Waals surface area contributed by atoms with Crippen LogP contribution in [0, 0.1) is 11.7 Å². The zero-order valence-electron chi connectivity index (χ0n) is 20.7. The van der Waals surface area contributed by atoms with E-state index in [0.717, 1.165) is 23.5 Å². The van der Waals surface area contributed by atoms with Crippen LogP contribution in [0.5, 0.6) is 5.75 Å². The summed E-state index contributed by atoms with van der Waals surface area (Å²) in [5, 5.41) is 9.06. The highest BCUT2D eigenvalue weighted by Gasteiger charge is 2.42. The molecular formula is C24H25F7N2O5S. The van der Waals surface area contributed by atoms with Crippen LogP contribution in [0.1, 0.15) is 31.7 Å². The van der Waals surface area contributed by atoms with Gasteiger partial charge in [0.05, 0.1) is 17.2 Å². The highest BCUT2D eigenvalue weighted by atomic mass is 32.2. The average molecular weight is 587 g/mol. The van der Waals surface area contributed by atoms with Crippen molar-refractivity contribution in [3.63, 3.8) is 0 Å². The number of aliphatic carboxylic acids is 1. The molecule has 2 atom stereocenters. The Bertz CT molecular complexity index is 1300. The van der Waals surface area contributed by atoms with Gasteiger partial charge in [-0.15, -0.1) is 0 Å². The number of rotatable bonds is 8. The number of alkyl halides is 6. The van der Waals surface area contributed by atoms with Crippen LogP contribution in [0.3, 0.4) is 0 Å². The summed E-state index contributed by atoms with van der Waals surface area (Å²) in [4.78, 5) is 11.7. The number of benzene rings is 2. The topological polar surface area (TPSA) is 87.2 Å². The molecule has 0 radical (unpaired) electrons. The van der Waals surface area contributed by atoms with E-state index in [1.54, 1.807) is 0 Å². The van der Waals surface area contributed by atoms with E-state index in [-0.39, 0.29) is 18.7 Å². The Hall–Kier alpha value is -3.07. The highest BCUT2D eigenvalue weighted by molar-refractivity contribution is 7.89. The zero-order valence-corrected chi connectivity index (χ0v) is 21.5. The molecule has 0 saturated heterocycles.